The van der Waals surface area contributed by atoms with E-state index in [1.807, 2.05) is 57.2 Å². The van der Waals surface area contributed by atoms with Crippen LogP contribution in [0.25, 0.3) is 6.08 Å². The predicted octanol–water partition coefficient (Wildman–Crippen LogP) is 6.35. The number of imide groups is 1. The minimum atomic E-state index is -0.619. The lowest BCUT2D eigenvalue weighted by molar-refractivity contribution is -0.387. The van der Waals surface area contributed by atoms with Gasteiger partial charge in [0.1, 0.15) is 6.54 Å². The zero-order valence-corrected chi connectivity index (χ0v) is 21.9. The summed E-state index contributed by atoms with van der Waals surface area (Å²) in [5.41, 5.74) is 4.05. The van der Waals surface area contributed by atoms with Crippen molar-refractivity contribution in [2.75, 3.05) is 11.9 Å². The van der Waals surface area contributed by atoms with Crippen LogP contribution in [0.1, 0.15) is 22.3 Å². The van der Waals surface area contributed by atoms with Gasteiger partial charge in [0.05, 0.1) is 14.7 Å². The first-order chi connectivity index (χ1) is 17.6. The van der Waals surface area contributed by atoms with Gasteiger partial charge in [-0.15, -0.1) is 0 Å². The van der Waals surface area contributed by atoms with E-state index in [0.717, 1.165) is 26.5 Å². The number of nitro groups is 1. The Bertz CT molecular complexity index is 1450. The molecular formula is C27H23N3O5S2. The Hall–Kier alpha value is -3.89. The second-order valence-corrected chi connectivity index (χ2v) is 10.6. The first-order valence-corrected chi connectivity index (χ1v) is 12.9. The molecule has 1 fully saturated rings. The zero-order chi connectivity index (χ0) is 26.7. The van der Waals surface area contributed by atoms with E-state index in [4.69, 9.17) is 0 Å². The molecule has 0 saturated carbocycles. The van der Waals surface area contributed by atoms with Crippen LogP contribution in [0, 0.1) is 30.9 Å². The maximum absolute atomic E-state index is 12.9. The molecule has 1 heterocycles. The van der Waals surface area contributed by atoms with E-state index >= 15 is 0 Å². The number of rotatable bonds is 7. The van der Waals surface area contributed by atoms with Gasteiger partial charge in [-0.05, 0) is 85.6 Å². The average molecular weight is 534 g/mol. The maximum atomic E-state index is 12.9. The van der Waals surface area contributed by atoms with E-state index in [2.05, 4.69) is 5.32 Å². The lowest BCUT2D eigenvalue weighted by atomic mass is 10.1. The highest BCUT2D eigenvalue weighted by Gasteiger charge is 2.36. The van der Waals surface area contributed by atoms with Crippen molar-refractivity contribution in [1.82, 2.24) is 4.90 Å². The van der Waals surface area contributed by atoms with Crippen LogP contribution in [0.4, 0.5) is 16.2 Å². The molecule has 0 aromatic heterocycles. The van der Waals surface area contributed by atoms with Gasteiger partial charge in [-0.25, -0.2) is 0 Å². The van der Waals surface area contributed by atoms with Crippen molar-refractivity contribution in [3.05, 3.63) is 97.9 Å². The minimum absolute atomic E-state index is 0.0946. The zero-order valence-electron chi connectivity index (χ0n) is 20.3. The fraction of sp³-hybridized carbons (Fsp3) is 0.148. The van der Waals surface area contributed by atoms with Crippen molar-refractivity contribution in [2.24, 2.45) is 0 Å². The Morgan fingerprint density at radius 2 is 1.76 bits per heavy atom. The van der Waals surface area contributed by atoms with Crippen LogP contribution in [-0.4, -0.2) is 33.4 Å². The highest BCUT2D eigenvalue weighted by molar-refractivity contribution is 8.18. The van der Waals surface area contributed by atoms with E-state index in [0.29, 0.717) is 27.9 Å². The van der Waals surface area contributed by atoms with Crippen LogP contribution in [0.3, 0.4) is 0 Å². The molecule has 1 N–H and O–H groups in total. The van der Waals surface area contributed by atoms with Gasteiger partial charge < -0.3 is 5.32 Å². The Kier molecular flexibility index (Phi) is 7.80. The van der Waals surface area contributed by atoms with Gasteiger partial charge in [-0.3, -0.25) is 29.4 Å². The third kappa shape index (κ3) is 6.28. The first-order valence-electron chi connectivity index (χ1n) is 11.3. The SMILES string of the molecule is Cc1ccc(Sc2ccc(C=C3SC(=O)N(CC(=O)Nc4ccc(C)c(C)c4)C3=O)cc2[N+](=O)[O-])cc1. The number of carbonyl (C=O) groups is 3. The third-order valence-electron chi connectivity index (χ3n) is 5.69. The Morgan fingerprint density at radius 3 is 2.43 bits per heavy atom. The summed E-state index contributed by atoms with van der Waals surface area (Å²) in [6, 6.07) is 17.7. The number of nitro benzene ring substituents is 1. The fourth-order valence-corrected chi connectivity index (χ4v) is 5.28. The lowest BCUT2D eigenvalue weighted by Crippen LogP contribution is -2.36. The summed E-state index contributed by atoms with van der Waals surface area (Å²) in [6.07, 6.45) is 1.43. The molecule has 3 aromatic carbocycles. The van der Waals surface area contributed by atoms with E-state index < -0.39 is 28.5 Å². The molecule has 0 aliphatic carbocycles. The van der Waals surface area contributed by atoms with Gasteiger partial charge >= 0.3 is 0 Å². The molecule has 0 unspecified atom stereocenters. The summed E-state index contributed by atoms with van der Waals surface area (Å²) in [7, 11) is 0. The molecule has 10 heteroatoms. The number of thioether (sulfide) groups is 1. The summed E-state index contributed by atoms with van der Waals surface area (Å²) in [6.45, 7) is 5.41. The van der Waals surface area contributed by atoms with Crippen LogP contribution < -0.4 is 5.32 Å². The summed E-state index contributed by atoms with van der Waals surface area (Å²) in [5, 5.41) is 13.9. The molecule has 0 spiro atoms. The second kappa shape index (κ2) is 11.0. The summed E-state index contributed by atoms with van der Waals surface area (Å²) < 4.78 is 0. The summed E-state index contributed by atoms with van der Waals surface area (Å²) >= 11 is 1.97. The van der Waals surface area contributed by atoms with E-state index in [1.54, 1.807) is 18.2 Å². The number of carbonyl (C=O) groups excluding carboxylic acids is 3. The monoisotopic (exact) mass is 533 g/mol. The Balaban J connectivity index is 1.49. The number of aryl methyl sites for hydroxylation is 3. The molecule has 0 bridgehead atoms. The quantitative estimate of drug-likeness (QED) is 0.214. The topological polar surface area (TPSA) is 110 Å². The van der Waals surface area contributed by atoms with Crippen LogP contribution >= 0.6 is 23.5 Å². The normalized spacial score (nSPS) is 14.4. The molecule has 1 aliphatic heterocycles. The van der Waals surface area contributed by atoms with E-state index in [1.165, 1.54) is 23.9 Å². The molecule has 1 saturated heterocycles. The minimum Gasteiger partial charge on any atom is -0.325 e. The average Bonchev–Trinajstić information content (AvgIpc) is 3.10. The molecule has 37 heavy (non-hydrogen) atoms. The first kappa shape index (κ1) is 26.2. The molecule has 8 nitrogen and oxygen atoms in total. The molecule has 0 atom stereocenters. The van der Waals surface area contributed by atoms with Crippen molar-refractivity contribution in [1.29, 1.82) is 0 Å². The summed E-state index contributed by atoms with van der Waals surface area (Å²) in [4.78, 5) is 51.3. The van der Waals surface area contributed by atoms with Crippen molar-refractivity contribution < 1.29 is 19.3 Å². The third-order valence-corrected chi connectivity index (χ3v) is 7.67. The number of amides is 3. The highest BCUT2D eigenvalue weighted by atomic mass is 32.2. The van der Waals surface area contributed by atoms with Crippen molar-refractivity contribution >= 4 is 58.0 Å². The maximum Gasteiger partial charge on any atom is 0.294 e. The molecule has 1 aliphatic rings. The number of hydrogen-bond acceptors (Lipinski definition) is 7. The number of nitrogens with zero attached hydrogens (tertiary/aromatic N) is 2. The second-order valence-electron chi connectivity index (χ2n) is 8.51. The molecule has 3 aromatic rings. The van der Waals surface area contributed by atoms with Crippen LogP contribution in [-0.2, 0) is 9.59 Å². The smallest absolute Gasteiger partial charge is 0.294 e. The predicted molar refractivity (Wildman–Crippen MR) is 146 cm³/mol. The van der Waals surface area contributed by atoms with Gasteiger partial charge in [-0.1, -0.05) is 41.6 Å². The summed E-state index contributed by atoms with van der Waals surface area (Å²) in [5.74, 6) is -1.12. The van der Waals surface area contributed by atoms with Gasteiger partial charge in [0.25, 0.3) is 16.8 Å². The standard InChI is InChI=1S/C27H23N3O5S2/c1-16-4-9-21(10-5-16)36-23-11-7-19(13-22(23)30(34)35)14-24-26(32)29(27(33)37-24)15-25(31)28-20-8-6-17(2)18(3)12-20/h4-14H,15H2,1-3H3,(H,28,31). The fourth-order valence-electron chi connectivity index (χ4n) is 3.54. The highest BCUT2D eigenvalue weighted by Crippen LogP contribution is 2.37. The van der Waals surface area contributed by atoms with Gasteiger partial charge in [0.2, 0.25) is 5.91 Å². The molecular weight excluding hydrogens is 510 g/mol. The van der Waals surface area contributed by atoms with Crippen LogP contribution in [0.5, 0.6) is 0 Å². The molecule has 188 valence electrons. The van der Waals surface area contributed by atoms with Crippen molar-refractivity contribution in [2.45, 2.75) is 30.6 Å². The number of nitrogens with one attached hydrogen (secondary N) is 1. The van der Waals surface area contributed by atoms with Gasteiger partial charge in [0, 0.05) is 16.6 Å². The lowest BCUT2D eigenvalue weighted by Gasteiger charge is -2.13. The number of benzene rings is 3. The number of hydrogen-bond donors (Lipinski definition) is 1. The largest absolute Gasteiger partial charge is 0.325 e. The molecule has 0 radical (unpaired) electrons. The van der Waals surface area contributed by atoms with Crippen molar-refractivity contribution in [3.63, 3.8) is 0 Å². The van der Waals surface area contributed by atoms with Gasteiger partial charge in [0.15, 0.2) is 0 Å². The van der Waals surface area contributed by atoms with E-state index in [-0.39, 0.29) is 10.6 Å². The Labute approximate surface area is 222 Å². The van der Waals surface area contributed by atoms with Crippen LogP contribution in [0.15, 0.2) is 75.4 Å². The van der Waals surface area contributed by atoms with Crippen LogP contribution in [0.2, 0.25) is 0 Å². The number of anilines is 1. The molecule has 4 rings (SSSR count). The van der Waals surface area contributed by atoms with E-state index in [9.17, 15) is 24.5 Å². The molecule has 3 amide bonds. The Morgan fingerprint density at radius 1 is 1.03 bits per heavy atom. The van der Waals surface area contributed by atoms with Crippen molar-refractivity contribution in [3.8, 4) is 0 Å². The van der Waals surface area contributed by atoms with Gasteiger partial charge in [-0.2, -0.15) is 0 Å².